The standard InChI is InChI=1S/C19H19N7O2/c1-27-15-3-2-4-16(28-14-6-5-12(14)21)19(15)13-7-17(26-25-13)24-18-10-22-11(8-20)9-23-18/h2-4,7,9-10,12,14H,5-6,21H2,1H3,(H2,23,24,25,26)/t12-,14-/m1/s1. The molecule has 1 aromatic carbocycles. The van der Waals surface area contributed by atoms with Gasteiger partial charge in [-0.1, -0.05) is 6.07 Å². The van der Waals surface area contributed by atoms with Crippen LogP contribution in [0.4, 0.5) is 11.6 Å². The second-order valence-corrected chi connectivity index (χ2v) is 6.42. The highest BCUT2D eigenvalue weighted by atomic mass is 16.5. The van der Waals surface area contributed by atoms with Gasteiger partial charge in [-0.3, -0.25) is 5.10 Å². The summed E-state index contributed by atoms with van der Waals surface area (Å²) in [5.74, 6) is 2.38. The van der Waals surface area contributed by atoms with E-state index in [4.69, 9.17) is 20.5 Å². The molecule has 2 aromatic heterocycles. The number of ether oxygens (including phenoxy) is 2. The molecule has 9 heteroatoms. The Bertz CT molecular complexity index is 1010. The molecule has 0 spiro atoms. The topological polar surface area (TPSA) is 135 Å². The SMILES string of the molecule is COc1cccc(O[C@@H]2CC[C@H]2N)c1-c1cc(Nc2cnc(C#N)cn2)n[nH]1. The van der Waals surface area contributed by atoms with Gasteiger partial charge >= 0.3 is 0 Å². The maximum absolute atomic E-state index is 8.80. The van der Waals surface area contributed by atoms with E-state index in [1.54, 1.807) is 7.11 Å². The molecule has 4 rings (SSSR count). The summed E-state index contributed by atoms with van der Waals surface area (Å²) in [6.45, 7) is 0. The Balaban J connectivity index is 1.61. The summed E-state index contributed by atoms with van der Waals surface area (Å²) in [7, 11) is 1.61. The summed E-state index contributed by atoms with van der Waals surface area (Å²) >= 11 is 0. The number of hydrogen-bond acceptors (Lipinski definition) is 8. The van der Waals surface area contributed by atoms with E-state index >= 15 is 0 Å². The number of anilines is 2. The Morgan fingerprint density at radius 1 is 1.21 bits per heavy atom. The summed E-state index contributed by atoms with van der Waals surface area (Å²) in [4.78, 5) is 8.11. The van der Waals surface area contributed by atoms with E-state index in [1.165, 1.54) is 12.4 Å². The molecule has 0 aliphatic heterocycles. The lowest BCUT2D eigenvalue weighted by Crippen LogP contribution is -2.47. The largest absolute Gasteiger partial charge is 0.496 e. The van der Waals surface area contributed by atoms with Crippen LogP contribution in [-0.2, 0) is 0 Å². The zero-order valence-corrected chi connectivity index (χ0v) is 15.2. The molecule has 2 atom stereocenters. The Labute approximate surface area is 161 Å². The number of nitriles is 1. The lowest BCUT2D eigenvalue weighted by Gasteiger charge is -2.34. The third kappa shape index (κ3) is 3.45. The number of H-pyrrole nitrogens is 1. The van der Waals surface area contributed by atoms with Crippen LogP contribution in [0.2, 0.25) is 0 Å². The fourth-order valence-corrected chi connectivity index (χ4v) is 2.94. The van der Waals surface area contributed by atoms with Crippen LogP contribution in [0.15, 0.2) is 36.7 Å². The van der Waals surface area contributed by atoms with Gasteiger partial charge in [0.15, 0.2) is 11.5 Å². The number of aromatic amines is 1. The summed E-state index contributed by atoms with van der Waals surface area (Å²) < 4.78 is 11.6. The Morgan fingerprint density at radius 3 is 2.71 bits per heavy atom. The van der Waals surface area contributed by atoms with Crippen LogP contribution in [0.25, 0.3) is 11.3 Å². The lowest BCUT2D eigenvalue weighted by atomic mass is 9.90. The fourth-order valence-electron chi connectivity index (χ4n) is 2.94. The van der Waals surface area contributed by atoms with Crippen molar-refractivity contribution >= 4 is 11.6 Å². The van der Waals surface area contributed by atoms with E-state index < -0.39 is 0 Å². The average Bonchev–Trinajstić information content (AvgIpc) is 3.19. The van der Waals surface area contributed by atoms with Crippen LogP contribution in [0.3, 0.4) is 0 Å². The van der Waals surface area contributed by atoms with Crippen molar-refractivity contribution < 1.29 is 9.47 Å². The van der Waals surface area contributed by atoms with Gasteiger partial charge in [0.2, 0.25) is 0 Å². The number of nitrogens with zero attached hydrogens (tertiary/aromatic N) is 4. The zero-order valence-electron chi connectivity index (χ0n) is 15.2. The van der Waals surface area contributed by atoms with Crippen molar-refractivity contribution in [1.29, 1.82) is 5.26 Å². The van der Waals surface area contributed by atoms with Crippen LogP contribution in [-0.4, -0.2) is 39.4 Å². The highest BCUT2D eigenvalue weighted by Gasteiger charge is 2.30. The molecule has 0 unspecified atom stereocenters. The molecule has 28 heavy (non-hydrogen) atoms. The lowest BCUT2D eigenvalue weighted by molar-refractivity contribution is 0.0936. The third-order valence-corrected chi connectivity index (χ3v) is 4.62. The van der Waals surface area contributed by atoms with Crippen molar-refractivity contribution in [3.63, 3.8) is 0 Å². The quantitative estimate of drug-likeness (QED) is 0.596. The van der Waals surface area contributed by atoms with Crippen LogP contribution in [0.5, 0.6) is 11.5 Å². The van der Waals surface area contributed by atoms with Gasteiger partial charge in [-0.25, -0.2) is 9.97 Å². The Kier molecular flexibility index (Phi) is 4.78. The first-order valence-corrected chi connectivity index (χ1v) is 8.82. The van der Waals surface area contributed by atoms with Gasteiger partial charge in [0, 0.05) is 12.1 Å². The number of methoxy groups -OCH3 is 1. The number of benzene rings is 1. The summed E-state index contributed by atoms with van der Waals surface area (Å²) in [5, 5.41) is 19.1. The minimum atomic E-state index is 0.000274. The van der Waals surface area contributed by atoms with Gasteiger partial charge < -0.3 is 20.5 Å². The minimum absolute atomic E-state index is 0.000274. The number of nitrogens with two attached hydrogens (primary N) is 1. The molecule has 1 aliphatic rings. The second kappa shape index (κ2) is 7.54. The molecule has 9 nitrogen and oxygen atoms in total. The fraction of sp³-hybridized carbons (Fsp3) is 0.263. The third-order valence-electron chi connectivity index (χ3n) is 4.62. The van der Waals surface area contributed by atoms with E-state index in [2.05, 4.69) is 25.5 Å². The van der Waals surface area contributed by atoms with Crippen molar-refractivity contribution in [3.8, 4) is 28.8 Å². The summed E-state index contributed by atoms with van der Waals surface area (Å²) in [5.41, 5.74) is 7.77. The average molecular weight is 377 g/mol. The zero-order chi connectivity index (χ0) is 19.5. The molecule has 3 aromatic rings. The maximum Gasteiger partial charge on any atom is 0.158 e. The van der Waals surface area contributed by atoms with Crippen LogP contribution < -0.4 is 20.5 Å². The smallest absolute Gasteiger partial charge is 0.158 e. The molecular formula is C19H19N7O2. The molecule has 0 bridgehead atoms. The molecule has 0 amide bonds. The van der Waals surface area contributed by atoms with Crippen LogP contribution in [0.1, 0.15) is 18.5 Å². The highest BCUT2D eigenvalue weighted by Crippen LogP contribution is 2.40. The predicted octanol–water partition coefficient (Wildman–Crippen LogP) is 2.36. The van der Waals surface area contributed by atoms with E-state index in [-0.39, 0.29) is 17.8 Å². The number of aromatic nitrogens is 4. The van der Waals surface area contributed by atoms with Gasteiger partial charge in [0.25, 0.3) is 0 Å². The van der Waals surface area contributed by atoms with Crippen molar-refractivity contribution in [3.05, 3.63) is 42.4 Å². The molecule has 1 aliphatic carbocycles. The van der Waals surface area contributed by atoms with Crippen molar-refractivity contribution in [2.24, 2.45) is 5.73 Å². The van der Waals surface area contributed by atoms with Gasteiger partial charge in [0.05, 0.1) is 30.8 Å². The molecule has 142 valence electrons. The van der Waals surface area contributed by atoms with Crippen molar-refractivity contribution in [1.82, 2.24) is 20.2 Å². The van der Waals surface area contributed by atoms with E-state index in [0.29, 0.717) is 23.1 Å². The van der Waals surface area contributed by atoms with Crippen molar-refractivity contribution in [2.45, 2.75) is 25.0 Å². The normalized spacial score (nSPS) is 18.0. The van der Waals surface area contributed by atoms with E-state index in [9.17, 15) is 0 Å². The van der Waals surface area contributed by atoms with Crippen molar-refractivity contribution in [2.75, 3.05) is 12.4 Å². The maximum atomic E-state index is 8.80. The molecule has 2 heterocycles. The molecule has 0 radical (unpaired) electrons. The first-order chi connectivity index (χ1) is 13.7. The summed E-state index contributed by atoms with van der Waals surface area (Å²) in [6, 6.07) is 9.44. The Morgan fingerprint density at radius 2 is 2.07 bits per heavy atom. The Hall–Kier alpha value is -3.64. The molecule has 1 fully saturated rings. The first kappa shape index (κ1) is 17.8. The van der Waals surface area contributed by atoms with E-state index in [0.717, 1.165) is 24.1 Å². The number of rotatable bonds is 6. The summed E-state index contributed by atoms with van der Waals surface area (Å²) in [6.07, 6.45) is 4.77. The minimum Gasteiger partial charge on any atom is -0.496 e. The molecule has 1 saturated carbocycles. The predicted molar refractivity (Wildman–Crippen MR) is 102 cm³/mol. The van der Waals surface area contributed by atoms with Gasteiger partial charge in [-0.2, -0.15) is 10.4 Å². The number of hydrogen-bond donors (Lipinski definition) is 3. The molecule has 4 N–H and O–H groups in total. The van der Waals surface area contributed by atoms with Gasteiger partial charge in [0.1, 0.15) is 29.5 Å². The second-order valence-electron chi connectivity index (χ2n) is 6.42. The first-order valence-electron chi connectivity index (χ1n) is 8.82. The van der Waals surface area contributed by atoms with Crippen LogP contribution >= 0.6 is 0 Å². The van der Waals surface area contributed by atoms with Crippen LogP contribution in [0, 0.1) is 11.3 Å². The van der Waals surface area contributed by atoms with Gasteiger partial charge in [-0.05, 0) is 25.0 Å². The highest BCUT2D eigenvalue weighted by molar-refractivity contribution is 5.76. The monoisotopic (exact) mass is 377 g/mol. The van der Waals surface area contributed by atoms with Gasteiger partial charge in [-0.15, -0.1) is 0 Å². The number of nitrogens with one attached hydrogen (secondary N) is 2. The molecular weight excluding hydrogens is 358 g/mol. The van der Waals surface area contributed by atoms with E-state index in [1.807, 2.05) is 30.3 Å². The molecule has 0 saturated heterocycles.